The number of phenolic OH excluding ortho intramolecular Hbond substituents is 1. The number of hydrogen-bond acceptors (Lipinski definition) is 10. The molecule has 5 rings (SSSR count). The van der Waals surface area contributed by atoms with Gasteiger partial charge in [-0.3, -0.25) is 4.79 Å². The van der Waals surface area contributed by atoms with Crippen LogP contribution in [0.15, 0.2) is 77.3 Å². The van der Waals surface area contributed by atoms with E-state index in [1.807, 2.05) is 36.4 Å². The normalized spacial score (nSPS) is 14.3. The highest BCUT2D eigenvalue weighted by Gasteiger charge is 2.38. The molecule has 1 saturated heterocycles. The number of rotatable bonds is 13. The molecular weight excluding hydrogens is 661 g/mol. The number of aryl methyl sites for hydroxylation is 1. The first-order chi connectivity index (χ1) is 23.8. The summed E-state index contributed by atoms with van der Waals surface area (Å²) in [7, 11) is 1.61. The highest BCUT2D eigenvalue weighted by atomic mass is 19.4. The van der Waals surface area contributed by atoms with Crippen LogP contribution in [-0.4, -0.2) is 92.7 Å². The van der Waals surface area contributed by atoms with Gasteiger partial charge in [0.15, 0.2) is 0 Å². The van der Waals surface area contributed by atoms with Crippen LogP contribution >= 0.6 is 0 Å². The van der Waals surface area contributed by atoms with E-state index in [2.05, 4.69) is 15.0 Å². The van der Waals surface area contributed by atoms with Crippen LogP contribution < -0.4 is 9.47 Å². The van der Waals surface area contributed by atoms with Gasteiger partial charge in [0.1, 0.15) is 23.4 Å². The third kappa shape index (κ3) is 10.9. The van der Waals surface area contributed by atoms with Gasteiger partial charge in [-0.15, -0.1) is 0 Å². The van der Waals surface area contributed by atoms with Crippen LogP contribution in [0.2, 0.25) is 0 Å². The van der Waals surface area contributed by atoms with Crippen molar-refractivity contribution in [3.63, 3.8) is 0 Å². The van der Waals surface area contributed by atoms with Crippen LogP contribution in [0, 0.1) is 6.92 Å². The molecule has 1 aliphatic rings. The molecule has 0 bridgehead atoms. The highest BCUT2D eigenvalue weighted by Crippen LogP contribution is 2.28. The molecule has 4 aromatic rings. The maximum Gasteiger partial charge on any atom is 0.490 e. The number of phenols is 1. The molecule has 0 radical (unpaired) electrons. The number of carboxylic acids is 1. The number of carboxylic acid groups (broad SMARTS) is 1. The summed E-state index contributed by atoms with van der Waals surface area (Å²) in [6, 6.07) is 20.9. The van der Waals surface area contributed by atoms with Crippen LogP contribution in [0.1, 0.15) is 42.4 Å². The standard InChI is InChI=1S/C33H38N4O6.C2HF3O2/c1-23-34-33(35-43-23)26-7-5-24(6-8-26)21-37(31(39)17-20-42-29-15-13-28(41-2)14-16-29)30(22-36-18-3-4-19-36)32(40)25-9-11-27(38)12-10-25;3-2(4,5)1(6)7/h5-16,30,32,38,40H,3-4,17-22H2,1-2H3;(H,6,7)/t30-,32-;/m1./s1. The Labute approximate surface area is 286 Å². The molecule has 12 nitrogen and oxygen atoms in total. The Hall–Kier alpha value is -5.15. The molecule has 1 fully saturated rings. The van der Waals surface area contributed by atoms with Crippen molar-refractivity contribution >= 4 is 11.9 Å². The largest absolute Gasteiger partial charge is 0.508 e. The number of methoxy groups -OCH3 is 1. The van der Waals surface area contributed by atoms with E-state index in [9.17, 15) is 28.2 Å². The molecule has 268 valence electrons. The first kappa shape index (κ1) is 37.7. The average Bonchev–Trinajstić information content (AvgIpc) is 3.78. The Balaban J connectivity index is 0.000000727. The minimum atomic E-state index is -5.08. The van der Waals surface area contributed by atoms with Crippen molar-refractivity contribution in [3.05, 3.63) is 89.8 Å². The van der Waals surface area contributed by atoms with Gasteiger partial charge in [-0.1, -0.05) is 41.6 Å². The number of nitrogens with zero attached hydrogens (tertiary/aromatic N) is 4. The van der Waals surface area contributed by atoms with E-state index < -0.39 is 24.3 Å². The van der Waals surface area contributed by atoms with E-state index in [0.717, 1.165) is 42.8 Å². The summed E-state index contributed by atoms with van der Waals surface area (Å²) >= 11 is 0. The van der Waals surface area contributed by atoms with Gasteiger partial charge in [-0.25, -0.2) is 4.79 Å². The molecule has 1 amide bonds. The lowest BCUT2D eigenvalue weighted by molar-refractivity contribution is -0.192. The number of aliphatic carboxylic acids is 1. The van der Waals surface area contributed by atoms with E-state index in [4.69, 9.17) is 23.9 Å². The van der Waals surface area contributed by atoms with Crippen LogP contribution in [0.4, 0.5) is 13.2 Å². The predicted molar refractivity (Wildman–Crippen MR) is 174 cm³/mol. The van der Waals surface area contributed by atoms with Gasteiger partial charge in [-0.05, 0) is 73.5 Å². The van der Waals surface area contributed by atoms with E-state index in [0.29, 0.717) is 36.1 Å². The number of likely N-dealkylation sites (tertiary alicyclic amines) is 1. The van der Waals surface area contributed by atoms with Gasteiger partial charge in [0, 0.05) is 25.6 Å². The van der Waals surface area contributed by atoms with Gasteiger partial charge < -0.3 is 39.1 Å². The van der Waals surface area contributed by atoms with E-state index in [1.54, 1.807) is 55.3 Å². The SMILES string of the molecule is COc1ccc(OCCC(=O)N(Cc2ccc(-c3noc(C)n3)cc2)[C@H](CN2CCCC2)[C@H](O)c2ccc(O)cc2)cc1.O=C(O)C(F)(F)F. The van der Waals surface area contributed by atoms with Crippen molar-refractivity contribution in [2.75, 3.05) is 33.4 Å². The number of aromatic nitrogens is 2. The molecule has 1 aromatic heterocycles. The number of hydrogen-bond donors (Lipinski definition) is 3. The molecule has 15 heteroatoms. The second-order valence-corrected chi connectivity index (χ2v) is 11.5. The number of ether oxygens (including phenoxy) is 2. The number of aliphatic hydroxyl groups excluding tert-OH is 1. The molecule has 3 N–H and O–H groups in total. The first-order valence-electron chi connectivity index (χ1n) is 15.8. The maximum atomic E-state index is 14.0. The monoisotopic (exact) mass is 700 g/mol. The van der Waals surface area contributed by atoms with E-state index >= 15 is 0 Å². The lowest BCUT2D eigenvalue weighted by Crippen LogP contribution is -2.49. The molecule has 2 heterocycles. The molecule has 0 saturated carbocycles. The number of alkyl halides is 3. The van der Waals surface area contributed by atoms with Gasteiger partial charge in [-0.2, -0.15) is 18.2 Å². The topological polar surface area (TPSA) is 159 Å². The Morgan fingerprint density at radius 3 is 2.12 bits per heavy atom. The first-order valence-corrected chi connectivity index (χ1v) is 15.8. The zero-order valence-corrected chi connectivity index (χ0v) is 27.5. The van der Waals surface area contributed by atoms with Gasteiger partial charge in [0.2, 0.25) is 17.6 Å². The molecule has 50 heavy (non-hydrogen) atoms. The van der Waals surface area contributed by atoms with Crippen molar-refractivity contribution in [2.24, 2.45) is 0 Å². The lowest BCUT2D eigenvalue weighted by Gasteiger charge is -2.37. The number of carbonyl (C=O) groups excluding carboxylic acids is 1. The molecule has 0 aliphatic carbocycles. The van der Waals surface area contributed by atoms with Crippen LogP contribution in [0.25, 0.3) is 11.4 Å². The summed E-state index contributed by atoms with van der Waals surface area (Å²) in [6.07, 6.45) is -3.74. The quantitative estimate of drug-likeness (QED) is 0.164. The zero-order valence-electron chi connectivity index (χ0n) is 27.5. The van der Waals surface area contributed by atoms with E-state index in [1.165, 1.54) is 0 Å². The van der Waals surface area contributed by atoms with Crippen molar-refractivity contribution in [2.45, 2.75) is 51.1 Å². The van der Waals surface area contributed by atoms with Crippen molar-refractivity contribution in [1.82, 2.24) is 19.9 Å². The minimum Gasteiger partial charge on any atom is -0.508 e. The van der Waals surface area contributed by atoms with Crippen molar-refractivity contribution in [3.8, 4) is 28.6 Å². The molecule has 1 aliphatic heterocycles. The minimum absolute atomic E-state index is 0.118. The fourth-order valence-electron chi connectivity index (χ4n) is 5.33. The molecule has 0 unspecified atom stereocenters. The van der Waals surface area contributed by atoms with Gasteiger partial charge >= 0.3 is 12.1 Å². The fraction of sp³-hybridized carbons (Fsp3) is 0.371. The second-order valence-electron chi connectivity index (χ2n) is 11.5. The summed E-state index contributed by atoms with van der Waals surface area (Å²) in [5.41, 5.74) is 2.35. The number of carbonyl (C=O) groups is 2. The summed E-state index contributed by atoms with van der Waals surface area (Å²) < 4.78 is 48.0. The Morgan fingerprint density at radius 1 is 0.980 bits per heavy atom. The number of aliphatic hydroxyl groups is 1. The van der Waals surface area contributed by atoms with Crippen LogP contribution in [0.5, 0.6) is 17.2 Å². The van der Waals surface area contributed by atoms with Crippen LogP contribution in [-0.2, 0) is 16.1 Å². The molecule has 0 spiro atoms. The number of benzene rings is 3. The smallest absolute Gasteiger partial charge is 0.490 e. The molecule has 2 atom stereocenters. The fourth-order valence-corrected chi connectivity index (χ4v) is 5.33. The summed E-state index contributed by atoms with van der Waals surface area (Å²) in [5.74, 6) is -0.412. The summed E-state index contributed by atoms with van der Waals surface area (Å²) in [6.45, 7) is 4.57. The predicted octanol–water partition coefficient (Wildman–Crippen LogP) is 5.39. The molecule has 3 aromatic carbocycles. The van der Waals surface area contributed by atoms with Crippen molar-refractivity contribution in [1.29, 1.82) is 0 Å². The lowest BCUT2D eigenvalue weighted by atomic mass is 9.98. The van der Waals surface area contributed by atoms with E-state index in [-0.39, 0.29) is 24.7 Å². The number of halogens is 3. The third-order valence-electron chi connectivity index (χ3n) is 7.94. The average molecular weight is 701 g/mol. The summed E-state index contributed by atoms with van der Waals surface area (Å²) in [5, 5.41) is 32.7. The van der Waals surface area contributed by atoms with Gasteiger partial charge in [0.25, 0.3) is 0 Å². The van der Waals surface area contributed by atoms with Crippen molar-refractivity contribution < 1.29 is 52.1 Å². The Kier molecular flexibility index (Phi) is 13.2. The third-order valence-corrected chi connectivity index (χ3v) is 7.94. The number of amides is 1. The second kappa shape index (κ2) is 17.5. The highest BCUT2D eigenvalue weighted by molar-refractivity contribution is 5.77. The Bertz CT molecular complexity index is 1660. The summed E-state index contributed by atoms with van der Waals surface area (Å²) in [4.78, 5) is 31.2. The Morgan fingerprint density at radius 2 is 1.58 bits per heavy atom. The number of aromatic hydroxyl groups is 1. The van der Waals surface area contributed by atoms with Crippen LogP contribution in [0.3, 0.4) is 0 Å². The maximum absolute atomic E-state index is 14.0. The zero-order chi connectivity index (χ0) is 36.3. The molecular formula is C35H39F3N4O8. The van der Waals surface area contributed by atoms with Gasteiger partial charge in [0.05, 0.1) is 26.2 Å².